The van der Waals surface area contributed by atoms with Crippen molar-refractivity contribution in [2.24, 2.45) is 0 Å². The highest BCUT2D eigenvalue weighted by Gasteiger charge is 2.06. The highest BCUT2D eigenvalue weighted by Crippen LogP contribution is 2.02. The molecule has 0 bridgehead atoms. The molecule has 0 saturated carbocycles. The Morgan fingerprint density at radius 3 is 2.72 bits per heavy atom. The summed E-state index contributed by atoms with van der Waals surface area (Å²) in [6, 6.07) is 3.33. The Morgan fingerprint density at radius 1 is 1.39 bits per heavy atom. The summed E-state index contributed by atoms with van der Waals surface area (Å²) < 4.78 is 10.8. The number of nitrogens with zero attached hydrogens (tertiary/aromatic N) is 2. The maximum Gasteiger partial charge on any atom is 0.271 e. The minimum atomic E-state index is -0.765. The Bertz CT molecular complexity index is 408. The minimum absolute atomic E-state index is 0.224. The van der Waals surface area contributed by atoms with Crippen molar-refractivity contribution < 1.29 is 9.00 Å². The van der Waals surface area contributed by atoms with Gasteiger partial charge in [-0.25, -0.2) is 0 Å². The maximum atomic E-state index is 11.4. The van der Waals surface area contributed by atoms with Gasteiger partial charge in [-0.05, 0) is 25.5 Å². The van der Waals surface area contributed by atoms with Crippen LogP contribution in [0.5, 0.6) is 0 Å². The van der Waals surface area contributed by atoms with E-state index in [0.29, 0.717) is 30.4 Å². The highest BCUT2D eigenvalue weighted by molar-refractivity contribution is 7.84. The highest BCUT2D eigenvalue weighted by atomic mass is 32.2. The van der Waals surface area contributed by atoms with Crippen LogP contribution in [0.4, 0.5) is 5.82 Å². The lowest BCUT2D eigenvalue weighted by atomic mass is 10.3. The van der Waals surface area contributed by atoms with E-state index in [1.165, 1.54) is 0 Å². The molecule has 1 heterocycles. The van der Waals surface area contributed by atoms with E-state index in [2.05, 4.69) is 20.8 Å². The van der Waals surface area contributed by atoms with E-state index in [1.54, 1.807) is 18.4 Å². The zero-order valence-electron chi connectivity index (χ0n) is 10.6. The van der Waals surface area contributed by atoms with Gasteiger partial charge < -0.3 is 10.6 Å². The Morgan fingerprint density at radius 2 is 2.17 bits per heavy atom. The molecule has 0 fully saturated rings. The predicted molar refractivity (Wildman–Crippen MR) is 72.1 cm³/mol. The van der Waals surface area contributed by atoms with Gasteiger partial charge in [0.2, 0.25) is 0 Å². The third kappa shape index (κ3) is 5.22. The average Bonchev–Trinajstić information content (AvgIpc) is 2.35. The molecule has 0 aliphatic rings. The molecule has 1 aromatic rings. The van der Waals surface area contributed by atoms with E-state index < -0.39 is 10.8 Å². The first kappa shape index (κ1) is 14.6. The Balaban J connectivity index is 2.40. The molecule has 0 aromatic carbocycles. The lowest BCUT2D eigenvalue weighted by molar-refractivity contribution is 0.0950. The number of anilines is 1. The summed E-state index contributed by atoms with van der Waals surface area (Å²) in [6.07, 6.45) is 2.49. The monoisotopic (exact) mass is 270 g/mol. The molecule has 0 spiro atoms. The first-order chi connectivity index (χ1) is 8.63. The number of hydrogen-bond acceptors (Lipinski definition) is 5. The molecule has 1 aromatic heterocycles. The van der Waals surface area contributed by atoms with Crippen LogP contribution in [0.2, 0.25) is 0 Å². The number of nitrogens with one attached hydrogen (secondary N) is 2. The van der Waals surface area contributed by atoms with Gasteiger partial charge in [-0.1, -0.05) is 0 Å². The SMILES string of the molecule is CCNC(=O)c1ccc(NCCCS(C)=O)nn1. The minimum Gasteiger partial charge on any atom is -0.369 e. The lowest BCUT2D eigenvalue weighted by Crippen LogP contribution is -2.24. The molecule has 6 nitrogen and oxygen atoms in total. The zero-order valence-corrected chi connectivity index (χ0v) is 11.4. The van der Waals surface area contributed by atoms with Gasteiger partial charge in [-0.15, -0.1) is 10.2 Å². The van der Waals surface area contributed by atoms with Crippen LogP contribution in [0.15, 0.2) is 12.1 Å². The van der Waals surface area contributed by atoms with Gasteiger partial charge in [0.1, 0.15) is 5.82 Å². The van der Waals surface area contributed by atoms with E-state index in [4.69, 9.17) is 0 Å². The van der Waals surface area contributed by atoms with E-state index in [-0.39, 0.29) is 5.91 Å². The number of amides is 1. The van der Waals surface area contributed by atoms with Gasteiger partial charge in [0.15, 0.2) is 5.69 Å². The molecule has 1 atom stereocenters. The molecule has 0 aliphatic carbocycles. The van der Waals surface area contributed by atoms with Gasteiger partial charge in [-0.2, -0.15) is 0 Å². The van der Waals surface area contributed by atoms with Crippen LogP contribution in [0.1, 0.15) is 23.8 Å². The normalized spacial score (nSPS) is 11.9. The summed E-state index contributed by atoms with van der Waals surface area (Å²) in [5.74, 6) is 1.06. The molecular formula is C11H18N4O2S. The standard InChI is InChI=1S/C11H18N4O2S/c1-3-12-11(16)9-5-6-10(15-14-9)13-7-4-8-18(2)17/h5-6H,3-4,7-8H2,1-2H3,(H,12,16)(H,13,15). The molecule has 1 unspecified atom stereocenters. The summed E-state index contributed by atoms with van der Waals surface area (Å²) in [7, 11) is -0.765. The molecule has 2 N–H and O–H groups in total. The second-order valence-corrected chi connectivity index (χ2v) is 5.28. The van der Waals surface area contributed by atoms with Crippen LogP contribution >= 0.6 is 0 Å². The molecule has 0 radical (unpaired) electrons. The smallest absolute Gasteiger partial charge is 0.271 e. The van der Waals surface area contributed by atoms with Crippen molar-refractivity contribution in [1.82, 2.24) is 15.5 Å². The van der Waals surface area contributed by atoms with Crippen LogP contribution in [0.25, 0.3) is 0 Å². The first-order valence-electron chi connectivity index (χ1n) is 5.79. The fraction of sp³-hybridized carbons (Fsp3) is 0.545. The Kier molecular flexibility index (Phi) is 6.27. The van der Waals surface area contributed by atoms with Crippen LogP contribution in [0, 0.1) is 0 Å². The van der Waals surface area contributed by atoms with Crippen molar-refractivity contribution in [2.75, 3.05) is 30.4 Å². The van der Waals surface area contributed by atoms with Crippen molar-refractivity contribution >= 4 is 22.5 Å². The summed E-state index contributed by atoms with van der Waals surface area (Å²) in [5, 5.41) is 13.4. The number of hydrogen-bond donors (Lipinski definition) is 2. The molecule has 0 aliphatic heterocycles. The maximum absolute atomic E-state index is 11.4. The fourth-order valence-corrected chi connectivity index (χ4v) is 1.84. The van der Waals surface area contributed by atoms with Gasteiger partial charge in [0, 0.05) is 35.9 Å². The number of aromatic nitrogens is 2. The Hall–Kier alpha value is -1.50. The van der Waals surface area contributed by atoms with Crippen molar-refractivity contribution in [3.63, 3.8) is 0 Å². The summed E-state index contributed by atoms with van der Waals surface area (Å²) in [5.41, 5.74) is 0.303. The zero-order chi connectivity index (χ0) is 13.4. The summed E-state index contributed by atoms with van der Waals surface area (Å²) in [4.78, 5) is 11.4. The number of carbonyl (C=O) groups is 1. The van der Waals surface area contributed by atoms with Crippen molar-refractivity contribution in [3.8, 4) is 0 Å². The summed E-state index contributed by atoms with van der Waals surface area (Å²) >= 11 is 0. The molecule has 100 valence electrons. The quantitative estimate of drug-likeness (QED) is 0.701. The second-order valence-electron chi connectivity index (χ2n) is 3.72. The third-order valence-electron chi connectivity index (χ3n) is 2.15. The van der Waals surface area contributed by atoms with Gasteiger partial charge in [0.05, 0.1) is 0 Å². The van der Waals surface area contributed by atoms with Crippen molar-refractivity contribution in [2.45, 2.75) is 13.3 Å². The Labute approximate surface area is 109 Å². The van der Waals surface area contributed by atoms with Crippen molar-refractivity contribution in [1.29, 1.82) is 0 Å². The molecule has 7 heteroatoms. The van der Waals surface area contributed by atoms with Crippen molar-refractivity contribution in [3.05, 3.63) is 17.8 Å². The van der Waals surface area contributed by atoms with Crippen LogP contribution < -0.4 is 10.6 Å². The predicted octanol–water partition coefficient (Wildman–Crippen LogP) is 0.407. The number of rotatable bonds is 7. The topological polar surface area (TPSA) is 84.0 Å². The van der Waals surface area contributed by atoms with Crippen LogP contribution in [-0.2, 0) is 10.8 Å². The molecular weight excluding hydrogens is 252 g/mol. The third-order valence-corrected chi connectivity index (χ3v) is 3.01. The van der Waals surface area contributed by atoms with E-state index in [1.807, 2.05) is 6.92 Å². The second kappa shape index (κ2) is 7.75. The van der Waals surface area contributed by atoms with Gasteiger partial charge in [0.25, 0.3) is 5.91 Å². The summed E-state index contributed by atoms with van der Waals surface area (Å²) in [6.45, 7) is 3.10. The number of carbonyl (C=O) groups excluding carboxylic acids is 1. The van der Waals surface area contributed by atoms with Crippen LogP contribution in [0.3, 0.4) is 0 Å². The average molecular weight is 270 g/mol. The van der Waals surface area contributed by atoms with E-state index in [9.17, 15) is 9.00 Å². The fourth-order valence-electron chi connectivity index (χ4n) is 1.29. The lowest BCUT2D eigenvalue weighted by Gasteiger charge is -2.05. The van der Waals surface area contributed by atoms with Gasteiger partial charge in [-0.3, -0.25) is 9.00 Å². The van der Waals surface area contributed by atoms with E-state index in [0.717, 1.165) is 6.42 Å². The molecule has 1 rings (SSSR count). The molecule has 1 amide bonds. The first-order valence-corrected chi connectivity index (χ1v) is 7.52. The van der Waals surface area contributed by atoms with Crippen LogP contribution in [-0.4, -0.2) is 45.4 Å². The largest absolute Gasteiger partial charge is 0.369 e. The van der Waals surface area contributed by atoms with E-state index >= 15 is 0 Å². The molecule has 0 saturated heterocycles. The van der Waals surface area contributed by atoms with Gasteiger partial charge >= 0.3 is 0 Å². The molecule has 18 heavy (non-hydrogen) atoms.